The lowest BCUT2D eigenvalue weighted by molar-refractivity contribution is 0.814. The van der Waals surface area contributed by atoms with Crippen LogP contribution in [0.3, 0.4) is 0 Å². The lowest BCUT2D eigenvalue weighted by Gasteiger charge is -2.05. The SMILES string of the molecule is CNCc1cncc(-c2cccc3ccsc23)c1. The molecule has 0 amide bonds. The van der Waals surface area contributed by atoms with E-state index in [4.69, 9.17) is 0 Å². The fourth-order valence-corrected chi connectivity index (χ4v) is 3.09. The zero-order valence-corrected chi connectivity index (χ0v) is 11.0. The van der Waals surface area contributed by atoms with Crippen molar-refractivity contribution in [3.8, 4) is 11.1 Å². The molecule has 0 fully saturated rings. The van der Waals surface area contributed by atoms with E-state index in [0.717, 1.165) is 6.54 Å². The Morgan fingerprint density at radius 1 is 1.22 bits per heavy atom. The van der Waals surface area contributed by atoms with Crippen LogP contribution in [0.15, 0.2) is 48.1 Å². The van der Waals surface area contributed by atoms with Gasteiger partial charge in [-0.25, -0.2) is 0 Å². The molecule has 0 aliphatic heterocycles. The predicted octanol–water partition coefficient (Wildman–Crippen LogP) is 3.68. The van der Waals surface area contributed by atoms with Gasteiger partial charge in [0.15, 0.2) is 0 Å². The molecule has 0 aliphatic rings. The maximum Gasteiger partial charge on any atom is 0.0421 e. The van der Waals surface area contributed by atoms with Crippen LogP contribution in [0, 0.1) is 0 Å². The highest BCUT2D eigenvalue weighted by atomic mass is 32.1. The Hall–Kier alpha value is -1.71. The number of hydrogen-bond donors (Lipinski definition) is 1. The highest BCUT2D eigenvalue weighted by Gasteiger charge is 2.05. The number of aromatic nitrogens is 1. The summed E-state index contributed by atoms with van der Waals surface area (Å²) in [5, 5.41) is 6.60. The molecule has 0 aliphatic carbocycles. The predicted molar refractivity (Wildman–Crippen MR) is 77.8 cm³/mol. The number of benzene rings is 1. The third-order valence-corrected chi connectivity index (χ3v) is 3.93. The molecule has 18 heavy (non-hydrogen) atoms. The number of nitrogens with one attached hydrogen (secondary N) is 1. The monoisotopic (exact) mass is 254 g/mol. The fraction of sp³-hybridized carbons (Fsp3) is 0.133. The second-order valence-electron chi connectivity index (χ2n) is 4.26. The summed E-state index contributed by atoms with van der Waals surface area (Å²) in [6.45, 7) is 0.848. The molecule has 1 N–H and O–H groups in total. The smallest absolute Gasteiger partial charge is 0.0421 e. The molecule has 3 rings (SSSR count). The first-order chi connectivity index (χ1) is 8.88. The Labute approximate surface area is 110 Å². The van der Waals surface area contributed by atoms with E-state index in [2.05, 4.69) is 46.0 Å². The summed E-state index contributed by atoms with van der Waals surface area (Å²) in [7, 11) is 1.95. The fourth-order valence-electron chi connectivity index (χ4n) is 2.16. The average molecular weight is 254 g/mol. The molecule has 0 radical (unpaired) electrons. The Balaban J connectivity index is 2.13. The molecule has 90 valence electrons. The van der Waals surface area contributed by atoms with E-state index in [0.29, 0.717) is 0 Å². The van der Waals surface area contributed by atoms with Gasteiger partial charge in [0, 0.05) is 34.8 Å². The number of rotatable bonds is 3. The van der Waals surface area contributed by atoms with Gasteiger partial charge in [-0.1, -0.05) is 18.2 Å². The van der Waals surface area contributed by atoms with E-state index in [-0.39, 0.29) is 0 Å². The van der Waals surface area contributed by atoms with Crippen molar-refractivity contribution in [3.05, 3.63) is 53.7 Å². The van der Waals surface area contributed by atoms with Crippen LogP contribution >= 0.6 is 11.3 Å². The van der Waals surface area contributed by atoms with Crippen LogP contribution in [0.2, 0.25) is 0 Å². The van der Waals surface area contributed by atoms with Gasteiger partial charge in [0.25, 0.3) is 0 Å². The molecule has 2 nitrogen and oxygen atoms in total. The highest BCUT2D eigenvalue weighted by molar-refractivity contribution is 7.17. The number of fused-ring (bicyclic) bond motifs is 1. The largest absolute Gasteiger partial charge is 0.316 e. The molecule has 3 heteroatoms. The Morgan fingerprint density at radius 3 is 3.06 bits per heavy atom. The summed E-state index contributed by atoms with van der Waals surface area (Å²) in [5.74, 6) is 0. The molecule has 0 saturated carbocycles. The minimum absolute atomic E-state index is 0.848. The lowest BCUT2D eigenvalue weighted by atomic mass is 10.0. The summed E-state index contributed by atoms with van der Waals surface area (Å²) < 4.78 is 1.33. The van der Waals surface area contributed by atoms with Crippen molar-refractivity contribution in [2.45, 2.75) is 6.54 Å². The zero-order valence-electron chi connectivity index (χ0n) is 10.2. The Morgan fingerprint density at radius 2 is 2.17 bits per heavy atom. The molecule has 0 unspecified atom stereocenters. The van der Waals surface area contributed by atoms with E-state index >= 15 is 0 Å². The van der Waals surface area contributed by atoms with Crippen LogP contribution in [-0.2, 0) is 6.54 Å². The van der Waals surface area contributed by atoms with Gasteiger partial charge < -0.3 is 5.32 Å². The maximum atomic E-state index is 4.34. The topological polar surface area (TPSA) is 24.9 Å². The standard InChI is InChI=1S/C15H14N2S/c1-16-8-11-7-13(10-17-9-11)14-4-2-3-12-5-6-18-15(12)14/h2-7,9-10,16H,8H2,1H3. The molecular weight excluding hydrogens is 240 g/mol. The summed E-state index contributed by atoms with van der Waals surface area (Å²) in [6.07, 6.45) is 3.85. The number of hydrogen-bond acceptors (Lipinski definition) is 3. The molecular formula is C15H14N2S. The lowest BCUT2D eigenvalue weighted by Crippen LogP contribution is -2.05. The maximum absolute atomic E-state index is 4.34. The van der Waals surface area contributed by atoms with Crippen LogP contribution in [0.5, 0.6) is 0 Å². The third-order valence-electron chi connectivity index (χ3n) is 2.97. The summed E-state index contributed by atoms with van der Waals surface area (Å²) in [4.78, 5) is 4.34. The molecule has 2 heterocycles. The van der Waals surface area contributed by atoms with E-state index in [1.165, 1.54) is 26.8 Å². The van der Waals surface area contributed by atoms with E-state index in [9.17, 15) is 0 Å². The second kappa shape index (κ2) is 4.88. The third kappa shape index (κ3) is 2.03. The van der Waals surface area contributed by atoms with Crippen LogP contribution in [0.4, 0.5) is 0 Å². The second-order valence-corrected chi connectivity index (χ2v) is 5.17. The van der Waals surface area contributed by atoms with Gasteiger partial charge >= 0.3 is 0 Å². The van der Waals surface area contributed by atoms with Crippen LogP contribution in [0.25, 0.3) is 21.2 Å². The van der Waals surface area contributed by atoms with Crippen LogP contribution in [0.1, 0.15) is 5.56 Å². The first kappa shape index (κ1) is 11.4. The van der Waals surface area contributed by atoms with Crippen molar-refractivity contribution in [1.29, 1.82) is 0 Å². The van der Waals surface area contributed by atoms with Crippen molar-refractivity contribution in [1.82, 2.24) is 10.3 Å². The van der Waals surface area contributed by atoms with E-state index in [1.807, 2.05) is 19.4 Å². The quantitative estimate of drug-likeness (QED) is 0.771. The first-order valence-electron chi connectivity index (χ1n) is 5.93. The van der Waals surface area contributed by atoms with E-state index in [1.54, 1.807) is 11.3 Å². The Kier molecular flexibility index (Phi) is 3.09. The zero-order chi connectivity index (χ0) is 12.4. The van der Waals surface area contributed by atoms with Gasteiger partial charge in [-0.2, -0.15) is 0 Å². The minimum Gasteiger partial charge on any atom is -0.316 e. The first-order valence-corrected chi connectivity index (χ1v) is 6.81. The van der Waals surface area contributed by atoms with E-state index < -0.39 is 0 Å². The number of pyridine rings is 1. The molecule has 0 spiro atoms. The molecule has 0 atom stereocenters. The van der Waals surface area contributed by atoms with Gasteiger partial charge in [0.2, 0.25) is 0 Å². The van der Waals surface area contributed by atoms with Gasteiger partial charge in [-0.05, 0) is 35.5 Å². The number of nitrogens with zero attached hydrogens (tertiary/aromatic N) is 1. The normalized spacial score (nSPS) is 10.9. The Bertz CT molecular complexity index is 673. The van der Waals surface area contributed by atoms with Crippen molar-refractivity contribution >= 4 is 21.4 Å². The minimum atomic E-state index is 0.848. The van der Waals surface area contributed by atoms with Crippen molar-refractivity contribution < 1.29 is 0 Å². The number of thiophene rings is 1. The molecule has 1 aromatic carbocycles. The molecule has 0 bridgehead atoms. The highest BCUT2D eigenvalue weighted by Crippen LogP contribution is 2.32. The summed E-state index contributed by atoms with van der Waals surface area (Å²) in [5.41, 5.74) is 3.67. The van der Waals surface area contributed by atoms with Crippen molar-refractivity contribution in [3.63, 3.8) is 0 Å². The van der Waals surface area contributed by atoms with Crippen LogP contribution in [-0.4, -0.2) is 12.0 Å². The summed E-state index contributed by atoms with van der Waals surface area (Å²) in [6, 6.07) is 10.8. The van der Waals surface area contributed by atoms with Gasteiger partial charge in [0.05, 0.1) is 0 Å². The summed E-state index contributed by atoms with van der Waals surface area (Å²) >= 11 is 1.78. The van der Waals surface area contributed by atoms with Gasteiger partial charge in [-0.15, -0.1) is 11.3 Å². The van der Waals surface area contributed by atoms with Crippen molar-refractivity contribution in [2.24, 2.45) is 0 Å². The van der Waals surface area contributed by atoms with Gasteiger partial charge in [-0.3, -0.25) is 4.98 Å². The molecule has 3 aromatic rings. The average Bonchev–Trinajstić information content (AvgIpc) is 2.87. The van der Waals surface area contributed by atoms with Gasteiger partial charge in [0.1, 0.15) is 0 Å². The van der Waals surface area contributed by atoms with Crippen LogP contribution < -0.4 is 5.32 Å². The molecule has 2 aromatic heterocycles. The molecule has 0 saturated heterocycles. The van der Waals surface area contributed by atoms with Crippen molar-refractivity contribution in [2.75, 3.05) is 7.05 Å².